The number of nitrogens with one attached hydrogen (secondary N) is 1. The predicted molar refractivity (Wildman–Crippen MR) is 76.3 cm³/mol. The molecule has 4 heteroatoms. The molecule has 0 aliphatic heterocycles. The van der Waals surface area contributed by atoms with Gasteiger partial charge in [-0.3, -0.25) is 5.43 Å². The van der Waals surface area contributed by atoms with E-state index in [0.717, 1.165) is 11.4 Å². The molecule has 0 saturated carbocycles. The molecule has 1 aromatic carbocycles. The predicted octanol–water partition coefficient (Wildman–Crippen LogP) is 4.55. The second-order valence-electron chi connectivity index (χ2n) is 3.73. The number of rotatable bonds is 3. The SMILES string of the molecule is C/C(=N/Nc1cccc(Cl)c1)c1ccc(C)s1. The maximum atomic E-state index is 5.89. The second kappa shape index (κ2) is 5.34. The minimum atomic E-state index is 0.704. The molecule has 0 atom stereocenters. The zero-order chi connectivity index (χ0) is 12.3. The molecule has 0 unspecified atom stereocenters. The third-order valence-electron chi connectivity index (χ3n) is 2.27. The van der Waals surface area contributed by atoms with Crippen LogP contribution in [-0.2, 0) is 0 Å². The standard InChI is InChI=1S/C13H13ClN2S/c1-9-6-7-13(17-9)10(2)15-16-12-5-3-4-11(14)8-12/h3-8,16H,1-2H3/b15-10-. The van der Waals surface area contributed by atoms with Crippen LogP contribution in [0.4, 0.5) is 5.69 Å². The van der Waals surface area contributed by atoms with Crippen LogP contribution >= 0.6 is 22.9 Å². The van der Waals surface area contributed by atoms with Crippen molar-refractivity contribution in [2.45, 2.75) is 13.8 Å². The molecule has 1 N–H and O–H groups in total. The average Bonchev–Trinajstić information content (AvgIpc) is 2.73. The van der Waals surface area contributed by atoms with Crippen LogP contribution < -0.4 is 5.43 Å². The molecule has 0 spiro atoms. The number of hydrogen-bond donors (Lipinski definition) is 1. The lowest BCUT2D eigenvalue weighted by molar-refractivity contribution is 1.33. The van der Waals surface area contributed by atoms with Gasteiger partial charge < -0.3 is 0 Å². The van der Waals surface area contributed by atoms with Crippen LogP contribution in [0, 0.1) is 6.92 Å². The van der Waals surface area contributed by atoms with Crippen molar-refractivity contribution in [3.05, 3.63) is 51.2 Å². The Kier molecular flexibility index (Phi) is 3.82. The summed E-state index contributed by atoms with van der Waals surface area (Å²) in [4.78, 5) is 2.47. The van der Waals surface area contributed by atoms with Gasteiger partial charge in [-0.05, 0) is 44.2 Å². The maximum Gasteiger partial charge on any atom is 0.0748 e. The van der Waals surface area contributed by atoms with Crippen LogP contribution in [0.15, 0.2) is 41.5 Å². The highest BCUT2D eigenvalue weighted by molar-refractivity contribution is 7.14. The van der Waals surface area contributed by atoms with Crippen molar-refractivity contribution >= 4 is 34.3 Å². The van der Waals surface area contributed by atoms with E-state index in [2.05, 4.69) is 29.6 Å². The Morgan fingerprint density at radius 2 is 2.12 bits per heavy atom. The Balaban J connectivity index is 2.10. The molecule has 0 radical (unpaired) electrons. The van der Waals surface area contributed by atoms with Crippen LogP contribution in [0.3, 0.4) is 0 Å². The quantitative estimate of drug-likeness (QED) is 0.638. The van der Waals surface area contributed by atoms with E-state index in [4.69, 9.17) is 11.6 Å². The molecule has 88 valence electrons. The van der Waals surface area contributed by atoms with Gasteiger partial charge in [-0.1, -0.05) is 17.7 Å². The minimum Gasteiger partial charge on any atom is -0.278 e. The summed E-state index contributed by atoms with van der Waals surface area (Å²) in [6, 6.07) is 11.7. The van der Waals surface area contributed by atoms with Gasteiger partial charge in [0.05, 0.1) is 16.3 Å². The van der Waals surface area contributed by atoms with Gasteiger partial charge in [0.25, 0.3) is 0 Å². The number of halogens is 1. The van der Waals surface area contributed by atoms with E-state index in [1.54, 1.807) is 11.3 Å². The highest BCUT2D eigenvalue weighted by Crippen LogP contribution is 2.17. The number of hydrogen-bond acceptors (Lipinski definition) is 3. The largest absolute Gasteiger partial charge is 0.278 e. The molecule has 2 aromatic rings. The fourth-order valence-electron chi connectivity index (χ4n) is 1.39. The summed E-state index contributed by atoms with van der Waals surface area (Å²) >= 11 is 7.63. The fourth-order valence-corrected chi connectivity index (χ4v) is 2.39. The molecule has 0 saturated heterocycles. The molecule has 1 aromatic heterocycles. The number of hydrazone groups is 1. The summed E-state index contributed by atoms with van der Waals surface area (Å²) in [5.74, 6) is 0. The lowest BCUT2D eigenvalue weighted by atomic mass is 10.3. The van der Waals surface area contributed by atoms with E-state index < -0.39 is 0 Å². The lowest BCUT2D eigenvalue weighted by Gasteiger charge is -2.02. The summed E-state index contributed by atoms with van der Waals surface area (Å²) in [7, 11) is 0. The van der Waals surface area contributed by atoms with Gasteiger partial charge in [0.2, 0.25) is 0 Å². The van der Waals surface area contributed by atoms with Crippen LogP contribution in [0.2, 0.25) is 5.02 Å². The smallest absolute Gasteiger partial charge is 0.0748 e. The number of thiophene rings is 1. The van der Waals surface area contributed by atoms with E-state index in [1.165, 1.54) is 9.75 Å². The molecule has 0 amide bonds. The minimum absolute atomic E-state index is 0.704. The number of nitrogens with zero attached hydrogens (tertiary/aromatic N) is 1. The van der Waals surface area contributed by atoms with Crippen molar-refractivity contribution in [1.82, 2.24) is 0 Å². The summed E-state index contributed by atoms with van der Waals surface area (Å²) in [6.07, 6.45) is 0. The Bertz CT molecular complexity index is 546. The summed E-state index contributed by atoms with van der Waals surface area (Å²) < 4.78 is 0. The Labute approximate surface area is 110 Å². The molecule has 1 heterocycles. The molecular formula is C13H13ClN2S. The van der Waals surface area contributed by atoms with E-state index in [-0.39, 0.29) is 0 Å². The molecule has 0 fully saturated rings. The van der Waals surface area contributed by atoms with Crippen molar-refractivity contribution in [2.24, 2.45) is 5.10 Å². The fraction of sp³-hybridized carbons (Fsp3) is 0.154. The summed E-state index contributed by atoms with van der Waals surface area (Å²) in [5, 5.41) is 5.04. The third kappa shape index (κ3) is 3.32. The molecule has 2 nitrogen and oxygen atoms in total. The normalized spacial score (nSPS) is 11.6. The monoisotopic (exact) mass is 264 g/mol. The number of anilines is 1. The van der Waals surface area contributed by atoms with Gasteiger partial charge in [0, 0.05) is 9.90 Å². The first-order valence-electron chi connectivity index (χ1n) is 5.28. The Morgan fingerprint density at radius 1 is 1.29 bits per heavy atom. The van der Waals surface area contributed by atoms with Crippen LogP contribution in [0.25, 0.3) is 0 Å². The first-order chi connectivity index (χ1) is 8.15. The van der Waals surface area contributed by atoms with Crippen LogP contribution in [0.1, 0.15) is 16.7 Å². The average molecular weight is 265 g/mol. The number of aryl methyl sites for hydroxylation is 1. The zero-order valence-corrected chi connectivity index (χ0v) is 11.3. The van der Waals surface area contributed by atoms with Gasteiger partial charge in [-0.25, -0.2) is 0 Å². The molecule has 0 bridgehead atoms. The van der Waals surface area contributed by atoms with Crippen molar-refractivity contribution in [3.8, 4) is 0 Å². The topological polar surface area (TPSA) is 24.4 Å². The van der Waals surface area contributed by atoms with E-state index in [0.29, 0.717) is 5.02 Å². The highest BCUT2D eigenvalue weighted by atomic mass is 35.5. The molecule has 17 heavy (non-hydrogen) atoms. The van der Waals surface area contributed by atoms with Crippen molar-refractivity contribution in [2.75, 3.05) is 5.43 Å². The van der Waals surface area contributed by atoms with Gasteiger partial charge in [0.1, 0.15) is 0 Å². The van der Waals surface area contributed by atoms with E-state index >= 15 is 0 Å². The van der Waals surface area contributed by atoms with Crippen molar-refractivity contribution in [3.63, 3.8) is 0 Å². The van der Waals surface area contributed by atoms with Crippen LogP contribution in [-0.4, -0.2) is 5.71 Å². The van der Waals surface area contributed by atoms with E-state index in [1.807, 2.05) is 31.2 Å². The first-order valence-corrected chi connectivity index (χ1v) is 6.47. The molecule has 2 rings (SSSR count). The highest BCUT2D eigenvalue weighted by Gasteiger charge is 2.00. The Hall–Kier alpha value is -1.32. The second-order valence-corrected chi connectivity index (χ2v) is 5.45. The van der Waals surface area contributed by atoms with Gasteiger partial charge in [-0.15, -0.1) is 11.3 Å². The van der Waals surface area contributed by atoms with Gasteiger partial charge in [-0.2, -0.15) is 5.10 Å². The molecule has 0 aliphatic rings. The third-order valence-corrected chi connectivity index (χ3v) is 3.62. The van der Waals surface area contributed by atoms with Crippen LogP contribution in [0.5, 0.6) is 0 Å². The van der Waals surface area contributed by atoms with E-state index in [9.17, 15) is 0 Å². The van der Waals surface area contributed by atoms with Gasteiger partial charge >= 0.3 is 0 Å². The molecular weight excluding hydrogens is 252 g/mol. The Morgan fingerprint density at radius 3 is 2.76 bits per heavy atom. The van der Waals surface area contributed by atoms with Gasteiger partial charge in [0.15, 0.2) is 0 Å². The first kappa shape index (κ1) is 12.1. The summed E-state index contributed by atoms with van der Waals surface area (Å²) in [5.41, 5.74) is 4.87. The summed E-state index contributed by atoms with van der Waals surface area (Å²) in [6.45, 7) is 4.08. The maximum absolute atomic E-state index is 5.89. The van der Waals surface area contributed by atoms with Crippen molar-refractivity contribution < 1.29 is 0 Å². The van der Waals surface area contributed by atoms with Crippen molar-refractivity contribution in [1.29, 1.82) is 0 Å². The lowest BCUT2D eigenvalue weighted by Crippen LogP contribution is -1.97. The number of benzene rings is 1. The zero-order valence-electron chi connectivity index (χ0n) is 9.70. The molecule has 0 aliphatic carbocycles.